The topological polar surface area (TPSA) is 67.3 Å². The fraction of sp³-hybridized carbons (Fsp3) is 0.389. The van der Waals surface area contributed by atoms with Gasteiger partial charge in [-0.3, -0.25) is 9.78 Å². The third-order valence-electron chi connectivity index (χ3n) is 4.93. The highest BCUT2D eigenvalue weighted by molar-refractivity contribution is 6.04. The van der Waals surface area contributed by atoms with E-state index in [0.717, 1.165) is 23.8 Å². The molecule has 0 spiro atoms. The number of anilines is 2. The van der Waals surface area contributed by atoms with E-state index in [1.54, 1.807) is 0 Å². The molecule has 4 rings (SSSR count). The summed E-state index contributed by atoms with van der Waals surface area (Å²) >= 11 is 0. The molecule has 2 aromatic rings. The van der Waals surface area contributed by atoms with E-state index >= 15 is 0 Å². The second-order valence-electron chi connectivity index (χ2n) is 6.40. The summed E-state index contributed by atoms with van der Waals surface area (Å²) in [6.07, 6.45) is 6.76. The number of rotatable bonds is 4. The van der Waals surface area contributed by atoms with Gasteiger partial charge in [-0.2, -0.15) is 0 Å². The number of ether oxygens (including phenoxy) is 1. The Hall–Kier alpha value is -2.63. The van der Waals surface area contributed by atoms with Crippen LogP contribution >= 0.6 is 0 Å². The average Bonchev–Trinajstić information content (AvgIpc) is 3.25. The van der Waals surface area contributed by atoms with Crippen molar-refractivity contribution in [1.82, 2.24) is 9.97 Å². The van der Waals surface area contributed by atoms with Gasteiger partial charge in [0.15, 0.2) is 5.69 Å². The van der Waals surface area contributed by atoms with E-state index in [1.165, 1.54) is 38.8 Å². The van der Waals surface area contributed by atoms with Crippen LogP contribution < -0.4 is 15.0 Å². The van der Waals surface area contributed by atoms with E-state index < -0.39 is 0 Å². The minimum absolute atomic E-state index is 0.243. The van der Waals surface area contributed by atoms with Crippen molar-refractivity contribution < 1.29 is 9.53 Å². The number of nitrogens with one attached hydrogen (secondary N) is 1. The number of piperidine rings is 1. The van der Waals surface area contributed by atoms with Crippen LogP contribution in [0.3, 0.4) is 0 Å². The summed E-state index contributed by atoms with van der Waals surface area (Å²) in [6.45, 7) is 1.08. The number of fused-ring (bicyclic) bond motifs is 2. The van der Waals surface area contributed by atoms with Crippen molar-refractivity contribution in [2.45, 2.75) is 25.3 Å². The normalized spacial score (nSPS) is 21.8. The highest BCUT2D eigenvalue weighted by Crippen LogP contribution is 2.42. The molecule has 24 heavy (non-hydrogen) atoms. The molecule has 0 unspecified atom stereocenters. The van der Waals surface area contributed by atoms with Crippen molar-refractivity contribution in [3.63, 3.8) is 0 Å². The van der Waals surface area contributed by atoms with E-state index in [1.807, 2.05) is 18.2 Å². The second-order valence-corrected chi connectivity index (χ2v) is 6.40. The zero-order valence-corrected chi connectivity index (χ0v) is 13.6. The molecule has 1 aromatic heterocycles. The average molecular weight is 324 g/mol. The first-order valence-corrected chi connectivity index (χ1v) is 8.27. The van der Waals surface area contributed by atoms with Crippen molar-refractivity contribution in [3.05, 3.63) is 42.4 Å². The molecule has 2 heterocycles. The lowest BCUT2D eigenvalue weighted by molar-refractivity contribution is 0.102. The van der Waals surface area contributed by atoms with Gasteiger partial charge in [0.1, 0.15) is 0 Å². The van der Waals surface area contributed by atoms with Crippen LogP contribution in [0.15, 0.2) is 36.7 Å². The second kappa shape index (κ2) is 6.11. The number of carbonyl (C=O) groups excluding carboxylic acids is 1. The maximum atomic E-state index is 12.5. The van der Waals surface area contributed by atoms with Gasteiger partial charge in [0.05, 0.1) is 30.9 Å². The lowest BCUT2D eigenvalue weighted by Crippen LogP contribution is -2.32. The highest BCUT2D eigenvalue weighted by Gasteiger charge is 2.38. The van der Waals surface area contributed by atoms with Crippen molar-refractivity contribution in [2.24, 2.45) is 5.92 Å². The number of nitrogens with zero attached hydrogens (tertiary/aromatic N) is 3. The van der Waals surface area contributed by atoms with E-state index in [-0.39, 0.29) is 11.6 Å². The Morgan fingerprint density at radius 2 is 2.17 bits per heavy atom. The number of aromatic nitrogens is 2. The van der Waals surface area contributed by atoms with Gasteiger partial charge in [0.25, 0.3) is 5.91 Å². The number of amides is 1. The maximum absolute atomic E-state index is 12.5. The van der Waals surface area contributed by atoms with Crippen LogP contribution in [0.2, 0.25) is 0 Å². The summed E-state index contributed by atoms with van der Waals surface area (Å²) < 4.78 is 5.03. The van der Waals surface area contributed by atoms with E-state index in [4.69, 9.17) is 4.74 Å². The van der Waals surface area contributed by atoms with Crippen LogP contribution in [0, 0.1) is 5.92 Å². The van der Waals surface area contributed by atoms with Gasteiger partial charge in [-0.25, -0.2) is 4.98 Å². The van der Waals surface area contributed by atoms with Crippen LogP contribution in [-0.2, 0) is 0 Å². The molecule has 1 amide bonds. The summed E-state index contributed by atoms with van der Waals surface area (Å²) in [7, 11) is 1.50. The number of benzene rings is 1. The molecule has 2 aliphatic rings. The van der Waals surface area contributed by atoms with Gasteiger partial charge >= 0.3 is 0 Å². The quantitative estimate of drug-likeness (QED) is 0.936. The number of para-hydroxylation sites is 2. The van der Waals surface area contributed by atoms with Gasteiger partial charge in [-0.05, 0) is 37.3 Å². The lowest BCUT2D eigenvalue weighted by Gasteiger charge is -2.30. The third kappa shape index (κ3) is 2.68. The van der Waals surface area contributed by atoms with Gasteiger partial charge in [-0.1, -0.05) is 12.1 Å². The maximum Gasteiger partial charge on any atom is 0.276 e. The monoisotopic (exact) mass is 324 g/mol. The Morgan fingerprint density at radius 3 is 2.92 bits per heavy atom. The standard InChI is InChI=1S/C18H20N4O2/c1-24-17-10-19-9-15(20-17)18(23)21-14-4-2-3-5-16(14)22-11-12-6-7-13(22)8-12/h2-5,9-10,12-13H,6-8,11H2,1H3,(H,21,23)/t12-,13-/m0/s1. The molecule has 124 valence electrons. The van der Waals surface area contributed by atoms with Gasteiger partial charge in [0, 0.05) is 12.6 Å². The molecule has 2 atom stereocenters. The molecule has 6 nitrogen and oxygen atoms in total. The number of hydrogen-bond acceptors (Lipinski definition) is 5. The van der Waals surface area contributed by atoms with Crippen molar-refractivity contribution in [1.29, 1.82) is 0 Å². The molecule has 1 aliphatic heterocycles. The Bertz CT molecular complexity index is 764. The highest BCUT2D eigenvalue weighted by atomic mass is 16.5. The van der Waals surface area contributed by atoms with E-state index in [0.29, 0.717) is 11.9 Å². The van der Waals surface area contributed by atoms with Crippen molar-refractivity contribution in [3.8, 4) is 5.88 Å². The molecule has 0 radical (unpaired) electrons. The first kappa shape index (κ1) is 14.9. The molecule has 1 aromatic carbocycles. The fourth-order valence-electron chi connectivity index (χ4n) is 3.79. The predicted molar refractivity (Wildman–Crippen MR) is 91.5 cm³/mol. The molecular formula is C18H20N4O2. The van der Waals surface area contributed by atoms with Crippen molar-refractivity contribution >= 4 is 17.3 Å². The largest absolute Gasteiger partial charge is 0.480 e. The number of methoxy groups -OCH3 is 1. The molecule has 1 saturated carbocycles. The van der Waals surface area contributed by atoms with Gasteiger partial charge in [0.2, 0.25) is 5.88 Å². The van der Waals surface area contributed by atoms with Crippen LogP contribution in [0.5, 0.6) is 5.88 Å². The van der Waals surface area contributed by atoms with Crippen LogP contribution in [0.1, 0.15) is 29.8 Å². The predicted octanol–water partition coefficient (Wildman–Crippen LogP) is 2.73. The third-order valence-corrected chi connectivity index (χ3v) is 4.93. The van der Waals surface area contributed by atoms with Gasteiger partial charge < -0.3 is 15.0 Å². The summed E-state index contributed by atoms with van der Waals surface area (Å²) in [4.78, 5) is 23.1. The first-order valence-electron chi connectivity index (χ1n) is 8.27. The molecule has 2 bridgehead atoms. The van der Waals surface area contributed by atoms with Gasteiger partial charge in [-0.15, -0.1) is 0 Å². The minimum atomic E-state index is -0.279. The fourth-order valence-corrected chi connectivity index (χ4v) is 3.79. The van der Waals surface area contributed by atoms with E-state index in [2.05, 4.69) is 26.3 Å². The molecule has 1 N–H and O–H groups in total. The Labute approximate surface area is 140 Å². The van der Waals surface area contributed by atoms with Crippen LogP contribution in [0.25, 0.3) is 0 Å². The van der Waals surface area contributed by atoms with Crippen LogP contribution in [0.4, 0.5) is 11.4 Å². The zero-order valence-electron chi connectivity index (χ0n) is 13.6. The minimum Gasteiger partial charge on any atom is -0.480 e. The number of hydrogen-bond donors (Lipinski definition) is 1. The molecule has 6 heteroatoms. The van der Waals surface area contributed by atoms with Crippen molar-refractivity contribution in [2.75, 3.05) is 23.9 Å². The molecular weight excluding hydrogens is 304 g/mol. The first-order chi connectivity index (χ1) is 11.7. The number of carbonyl (C=O) groups is 1. The smallest absolute Gasteiger partial charge is 0.276 e. The summed E-state index contributed by atoms with van der Waals surface area (Å²) in [5, 5.41) is 2.98. The molecule has 1 saturated heterocycles. The lowest BCUT2D eigenvalue weighted by atomic mass is 10.1. The summed E-state index contributed by atoms with van der Waals surface area (Å²) in [5.41, 5.74) is 2.15. The Morgan fingerprint density at radius 1 is 1.29 bits per heavy atom. The molecule has 1 aliphatic carbocycles. The summed E-state index contributed by atoms with van der Waals surface area (Å²) in [5.74, 6) is 0.842. The SMILES string of the molecule is COc1cncc(C(=O)Nc2ccccc2N2C[C@H]3CC[C@H]2C3)n1. The van der Waals surface area contributed by atoms with Crippen LogP contribution in [-0.4, -0.2) is 35.6 Å². The Balaban J connectivity index is 1.57. The molecule has 2 fully saturated rings. The summed E-state index contributed by atoms with van der Waals surface area (Å²) in [6, 6.07) is 8.57. The van der Waals surface area contributed by atoms with E-state index in [9.17, 15) is 4.79 Å². The zero-order chi connectivity index (χ0) is 16.5. The Kier molecular flexibility index (Phi) is 3.80.